The molecule has 0 unspecified atom stereocenters. The molecule has 0 aliphatic heterocycles. The Kier molecular flexibility index (Phi) is 3.99. The Balaban J connectivity index is 2.12. The molecule has 0 fully saturated rings. The summed E-state index contributed by atoms with van der Waals surface area (Å²) in [6.45, 7) is 5.16. The Morgan fingerprint density at radius 1 is 1.28 bits per heavy atom. The average Bonchev–Trinajstić information content (AvgIpc) is 2.87. The minimum Gasteiger partial charge on any atom is -0.492 e. The number of rotatable bonds is 5. The van der Waals surface area contributed by atoms with Crippen molar-refractivity contribution in [2.24, 2.45) is 5.73 Å². The monoisotopic (exact) mass is 246 g/mol. The van der Waals surface area contributed by atoms with E-state index in [0.29, 0.717) is 19.1 Å². The van der Waals surface area contributed by atoms with Crippen molar-refractivity contribution >= 4 is 0 Å². The second kappa shape index (κ2) is 5.69. The van der Waals surface area contributed by atoms with Gasteiger partial charge in [-0.15, -0.1) is 0 Å². The maximum atomic E-state index is 5.42. The molecule has 4 heteroatoms. The van der Waals surface area contributed by atoms with Gasteiger partial charge >= 0.3 is 0 Å². The summed E-state index contributed by atoms with van der Waals surface area (Å²) >= 11 is 0. The Morgan fingerprint density at radius 3 is 2.56 bits per heavy atom. The number of hydrogen-bond donors (Lipinski definition) is 1. The van der Waals surface area contributed by atoms with Crippen molar-refractivity contribution in [2.75, 3.05) is 13.2 Å². The minimum absolute atomic E-state index is 0.297. The Morgan fingerprint density at radius 2 is 2.00 bits per heavy atom. The van der Waals surface area contributed by atoms with E-state index in [4.69, 9.17) is 14.9 Å². The molecule has 2 aromatic rings. The maximum Gasteiger partial charge on any atom is 0.197 e. The van der Waals surface area contributed by atoms with E-state index < -0.39 is 0 Å². The molecule has 0 amide bonds. The SMILES string of the molecule is CC(C)c1nc(-c2ccc(OCCN)cc2)co1. The molecule has 1 aromatic carbocycles. The van der Waals surface area contributed by atoms with Crippen molar-refractivity contribution < 1.29 is 9.15 Å². The first-order chi connectivity index (χ1) is 8.70. The molecule has 0 bridgehead atoms. The largest absolute Gasteiger partial charge is 0.492 e. The van der Waals surface area contributed by atoms with E-state index in [1.54, 1.807) is 6.26 Å². The molecule has 1 aromatic heterocycles. The summed E-state index contributed by atoms with van der Waals surface area (Å²) in [6.07, 6.45) is 1.69. The number of hydrogen-bond acceptors (Lipinski definition) is 4. The zero-order valence-corrected chi connectivity index (χ0v) is 10.7. The predicted molar refractivity (Wildman–Crippen MR) is 70.6 cm³/mol. The molecule has 2 N–H and O–H groups in total. The Labute approximate surface area is 107 Å². The molecule has 4 nitrogen and oxygen atoms in total. The van der Waals surface area contributed by atoms with Crippen LogP contribution in [0.4, 0.5) is 0 Å². The van der Waals surface area contributed by atoms with Gasteiger partial charge in [-0.3, -0.25) is 0 Å². The number of oxazole rings is 1. The zero-order valence-electron chi connectivity index (χ0n) is 10.7. The Bertz CT molecular complexity index is 489. The molecule has 1 heterocycles. The summed E-state index contributed by atoms with van der Waals surface area (Å²) in [5, 5.41) is 0. The van der Waals surface area contributed by atoms with Crippen molar-refractivity contribution in [1.82, 2.24) is 4.98 Å². The second-order valence-corrected chi connectivity index (χ2v) is 4.39. The van der Waals surface area contributed by atoms with Crippen LogP contribution in [-0.4, -0.2) is 18.1 Å². The standard InChI is InChI=1S/C14H18N2O2/c1-10(2)14-16-13(9-18-14)11-3-5-12(6-4-11)17-8-7-15/h3-6,9-10H,7-8,15H2,1-2H3. The summed E-state index contributed by atoms with van der Waals surface area (Å²) in [5.41, 5.74) is 7.25. The molecule has 0 spiro atoms. The quantitative estimate of drug-likeness (QED) is 0.881. The molecule has 0 atom stereocenters. The van der Waals surface area contributed by atoms with E-state index in [9.17, 15) is 0 Å². The molecule has 18 heavy (non-hydrogen) atoms. The smallest absolute Gasteiger partial charge is 0.197 e. The third kappa shape index (κ3) is 2.90. The van der Waals surface area contributed by atoms with E-state index >= 15 is 0 Å². The van der Waals surface area contributed by atoms with Gasteiger partial charge in [0.1, 0.15) is 24.3 Å². The number of benzene rings is 1. The highest BCUT2D eigenvalue weighted by Gasteiger charge is 2.09. The number of ether oxygens (including phenoxy) is 1. The van der Waals surface area contributed by atoms with E-state index in [-0.39, 0.29) is 0 Å². The topological polar surface area (TPSA) is 61.3 Å². The van der Waals surface area contributed by atoms with Gasteiger partial charge in [0.25, 0.3) is 0 Å². The molecule has 0 aliphatic carbocycles. The van der Waals surface area contributed by atoms with E-state index in [0.717, 1.165) is 22.9 Å². The first kappa shape index (κ1) is 12.6. The summed E-state index contributed by atoms with van der Waals surface area (Å²) in [6, 6.07) is 7.76. The van der Waals surface area contributed by atoms with Gasteiger partial charge in [-0.05, 0) is 24.3 Å². The lowest BCUT2D eigenvalue weighted by Gasteiger charge is -2.04. The van der Waals surface area contributed by atoms with E-state index in [2.05, 4.69) is 18.8 Å². The van der Waals surface area contributed by atoms with Crippen LogP contribution >= 0.6 is 0 Å². The van der Waals surface area contributed by atoms with Gasteiger partial charge in [-0.2, -0.15) is 0 Å². The lowest BCUT2D eigenvalue weighted by molar-refractivity contribution is 0.328. The van der Waals surface area contributed by atoms with E-state index in [1.165, 1.54) is 0 Å². The first-order valence-electron chi connectivity index (χ1n) is 6.09. The van der Waals surface area contributed by atoms with Crippen LogP contribution in [0.1, 0.15) is 25.7 Å². The van der Waals surface area contributed by atoms with Crippen molar-refractivity contribution in [3.63, 3.8) is 0 Å². The van der Waals surface area contributed by atoms with Crippen LogP contribution in [0.25, 0.3) is 11.3 Å². The van der Waals surface area contributed by atoms with Crippen molar-refractivity contribution in [3.05, 3.63) is 36.4 Å². The molecular formula is C14H18N2O2. The third-order valence-electron chi connectivity index (χ3n) is 2.55. The fourth-order valence-corrected chi connectivity index (χ4v) is 1.58. The normalized spacial score (nSPS) is 10.9. The molecule has 0 saturated heterocycles. The summed E-state index contributed by atoms with van der Waals surface area (Å²) in [4.78, 5) is 4.44. The maximum absolute atomic E-state index is 5.42. The van der Waals surface area contributed by atoms with Gasteiger partial charge in [-0.25, -0.2) is 4.98 Å². The zero-order chi connectivity index (χ0) is 13.0. The molecule has 0 aliphatic rings. The first-order valence-corrected chi connectivity index (χ1v) is 6.09. The van der Waals surface area contributed by atoms with E-state index in [1.807, 2.05) is 24.3 Å². The van der Waals surface area contributed by atoms with Crippen molar-refractivity contribution in [2.45, 2.75) is 19.8 Å². The lowest BCUT2D eigenvalue weighted by atomic mass is 10.1. The Hall–Kier alpha value is -1.81. The summed E-state index contributed by atoms with van der Waals surface area (Å²) in [5.74, 6) is 1.87. The fourth-order valence-electron chi connectivity index (χ4n) is 1.58. The highest BCUT2D eigenvalue weighted by atomic mass is 16.5. The minimum atomic E-state index is 0.297. The lowest BCUT2D eigenvalue weighted by Crippen LogP contribution is -2.10. The average molecular weight is 246 g/mol. The number of nitrogens with zero attached hydrogens (tertiary/aromatic N) is 1. The van der Waals surface area contributed by atoms with Gasteiger partial charge in [-0.1, -0.05) is 13.8 Å². The molecule has 0 radical (unpaired) electrons. The highest BCUT2D eigenvalue weighted by Crippen LogP contribution is 2.24. The van der Waals surface area contributed by atoms with Gasteiger partial charge < -0.3 is 14.9 Å². The van der Waals surface area contributed by atoms with Crippen LogP contribution in [0.5, 0.6) is 5.75 Å². The fraction of sp³-hybridized carbons (Fsp3) is 0.357. The molecule has 2 rings (SSSR count). The third-order valence-corrected chi connectivity index (χ3v) is 2.55. The molecule has 96 valence electrons. The predicted octanol–water partition coefficient (Wildman–Crippen LogP) is 2.80. The van der Waals surface area contributed by atoms with Crippen LogP contribution < -0.4 is 10.5 Å². The molecule has 0 saturated carbocycles. The van der Waals surface area contributed by atoms with Crippen molar-refractivity contribution in [3.8, 4) is 17.0 Å². The van der Waals surface area contributed by atoms with Crippen LogP contribution in [0.15, 0.2) is 34.9 Å². The van der Waals surface area contributed by atoms with Crippen LogP contribution in [0.3, 0.4) is 0 Å². The summed E-state index contributed by atoms with van der Waals surface area (Å²) in [7, 11) is 0. The van der Waals surface area contributed by atoms with Gasteiger partial charge in [0.05, 0.1) is 0 Å². The van der Waals surface area contributed by atoms with Crippen LogP contribution in [0.2, 0.25) is 0 Å². The van der Waals surface area contributed by atoms with Crippen LogP contribution in [-0.2, 0) is 0 Å². The van der Waals surface area contributed by atoms with Gasteiger partial charge in [0.15, 0.2) is 5.89 Å². The highest BCUT2D eigenvalue weighted by molar-refractivity contribution is 5.59. The summed E-state index contributed by atoms with van der Waals surface area (Å²) < 4.78 is 10.8. The molecular weight excluding hydrogens is 228 g/mol. The van der Waals surface area contributed by atoms with Gasteiger partial charge in [0, 0.05) is 18.0 Å². The van der Waals surface area contributed by atoms with Crippen LogP contribution in [0, 0.1) is 0 Å². The number of nitrogens with two attached hydrogens (primary N) is 1. The second-order valence-electron chi connectivity index (χ2n) is 4.39. The number of aromatic nitrogens is 1. The van der Waals surface area contributed by atoms with Gasteiger partial charge in [0.2, 0.25) is 0 Å². The van der Waals surface area contributed by atoms with Crippen molar-refractivity contribution in [1.29, 1.82) is 0 Å².